The monoisotopic (exact) mass is 387 g/mol. The highest BCUT2D eigenvalue weighted by molar-refractivity contribution is 7.99. The Hall–Kier alpha value is -1.41. The van der Waals surface area contributed by atoms with Gasteiger partial charge in [-0.2, -0.15) is 11.8 Å². The van der Waals surface area contributed by atoms with Gasteiger partial charge in [0.2, 0.25) is 0 Å². The molecule has 0 spiro atoms. The first-order valence-electron chi connectivity index (χ1n) is 9.88. The van der Waals surface area contributed by atoms with Crippen molar-refractivity contribution in [2.45, 2.75) is 13.5 Å². The number of anilines is 1. The molecule has 1 N–H and O–H groups in total. The van der Waals surface area contributed by atoms with Gasteiger partial charge in [-0.3, -0.25) is 9.80 Å². The van der Waals surface area contributed by atoms with Crippen molar-refractivity contribution in [3.05, 3.63) is 29.6 Å². The number of nitrogens with zero attached hydrogens (tertiary/aromatic N) is 5. The molecule has 0 atom stereocenters. The standard InChI is InChI=1S/C20H29N5OS/c1-16-2-3-18-17(14-16)20(25-9-12-27-13-10-25)22-19(21-18)15-24-6-4-23(5-7-24)8-11-26/h2-3,14,26H,4-13,15H2,1H3. The van der Waals surface area contributed by atoms with Crippen molar-refractivity contribution in [2.24, 2.45) is 0 Å². The van der Waals surface area contributed by atoms with Crippen molar-refractivity contribution in [3.63, 3.8) is 0 Å². The lowest BCUT2D eigenvalue weighted by atomic mass is 10.1. The van der Waals surface area contributed by atoms with E-state index in [0.717, 1.165) is 69.5 Å². The normalized spacial score (nSPS) is 19.7. The molecule has 0 aliphatic carbocycles. The van der Waals surface area contributed by atoms with Crippen LogP contribution in [0.1, 0.15) is 11.4 Å². The van der Waals surface area contributed by atoms with Crippen molar-refractivity contribution in [3.8, 4) is 0 Å². The van der Waals surface area contributed by atoms with E-state index < -0.39 is 0 Å². The largest absolute Gasteiger partial charge is 0.395 e. The third kappa shape index (κ3) is 4.54. The summed E-state index contributed by atoms with van der Waals surface area (Å²) in [5.41, 5.74) is 2.31. The zero-order valence-electron chi connectivity index (χ0n) is 16.1. The maximum atomic E-state index is 9.11. The van der Waals surface area contributed by atoms with Crippen LogP contribution in [-0.4, -0.2) is 88.8 Å². The molecule has 0 unspecified atom stereocenters. The molecule has 6 nitrogen and oxygen atoms in total. The van der Waals surface area contributed by atoms with E-state index in [4.69, 9.17) is 15.1 Å². The fourth-order valence-corrected chi connectivity index (χ4v) is 4.78. The van der Waals surface area contributed by atoms with Crippen molar-refractivity contribution in [1.82, 2.24) is 19.8 Å². The summed E-state index contributed by atoms with van der Waals surface area (Å²) < 4.78 is 0. The first-order valence-corrected chi connectivity index (χ1v) is 11.0. The molecule has 1 aromatic carbocycles. The number of fused-ring (bicyclic) bond motifs is 1. The number of aryl methyl sites for hydroxylation is 1. The van der Waals surface area contributed by atoms with Crippen LogP contribution in [0.5, 0.6) is 0 Å². The van der Waals surface area contributed by atoms with E-state index in [1.165, 1.54) is 22.5 Å². The van der Waals surface area contributed by atoms with Gasteiger partial charge in [0.15, 0.2) is 0 Å². The number of rotatable bonds is 5. The Labute approximate surface area is 165 Å². The fraction of sp³-hybridized carbons (Fsp3) is 0.600. The van der Waals surface area contributed by atoms with E-state index >= 15 is 0 Å². The number of aliphatic hydroxyl groups is 1. The van der Waals surface area contributed by atoms with Crippen molar-refractivity contribution < 1.29 is 5.11 Å². The molecule has 2 fully saturated rings. The minimum Gasteiger partial charge on any atom is -0.395 e. The number of piperazine rings is 1. The summed E-state index contributed by atoms with van der Waals surface area (Å²) in [6, 6.07) is 6.50. The predicted molar refractivity (Wildman–Crippen MR) is 113 cm³/mol. The van der Waals surface area contributed by atoms with Gasteiger partial charge in [0.05, 0.1) is 18.7 Å². The van der Waals surface area contributed by atoms with Gasteiger partial charge in [0, 0.05) is 62.7 Å². The molecule has 0 saturated carbocycles. The van der Waals surface area contributed by atoms with Crippen LogP contribution in [0.2, 0.25) is 0 Å². The number of thioether (sulfide) groups is 1. The highest BCUT2D eigenvalue weighted by Gasteiger charge is 2.20. The van der Waals surface area contributed by atoms with Gasteiger partial charge >= 0.3 is 0 Å². The van der Waals surface area contributed by atoms with Crippen LogP contribution in [0.3, 0.4) is 0 Å². The van der Waals surface area contributed by atoms with Gasteiger partial charge in [0.25, 0.3) is 0 Å². The molecule has 2 aromatic rings. The zero-order valence-corrected chi connectivity index (χ0v) is 16.9. The highest BCUT2D eigenvalue weighted by Crippen LogP contribution is 2.27. The molecule has 4 rings (SSSR count). The number of hydrogen-bond donors (Lipinski definition) is 1. The third-order valence-corrected chi connectivity index (χ3v) is 6.38. The predicted octanol–water partition coefficient (Wildman–Crippen LogP) is 1.60. The molecular formula is C20H29N5OS. The number of aliphatic hydroxyl groups excluding tert-OH is 1. The van der Waals surface area contributed by atoms with Crippen LogP contribution in [0.25, 0.3) is 10.9 Å². The van der Waals surface area contributed by atoms with E-state index in [9.17, 15) is 0 Å². The smallest absolute Gasteiger partial charge is 0.145 e. The van der Waals surface area contributed by atoms with Gasteiger partial charge in [-0.25, -0.2) is 9.97 Å². The third-order valence-electron chi connectivity index (χ3n) is 5.43. The lowest BCUT2D eigenvalue weighted by molar-refractivity contribution is 0.107. The molecule has 1 aromatic heterocycles. The molecule has 146 valence electrons. The van der Waals surface area contributed by atoms with E-state index in [-0.39, 0.29) is 6.61 Å². The minimum atomic E-state index is 0.241. The number of benzene rings is 1. The zero-order chi connectivity index (χ0) is 18.6. The first-order chi connectivity index (χ1) is 13.2. The van der Waals surface area contributed by atoms with Crippen molar-refractivity contribution >= 4 is 28.5 Å². The summed E-state index contributed by atoms with van der Waals surface area (Å²) in [5, 5.41) is 10.3. The maximum absolute atomic E-state index is 9.11. The fourth-order valence-electron chi connectivity index (χ4n) is 3.87. The molecule has 0 amide bonds. The van der Waals surface area contributed by atoms with Crippen LogP contribution in [-0.2, 0) is 6.54 Å². The van der Waals surface area contributed by atoms with Crippen LogP contribution >= 0.6 is 11.8 Å². The Kier molecular flexibility index (Phi) is 6.12. The molecule has 2 saturated heterocycles. The van der Waals surface area contributed by atoms with Crippen LogP contribution in [0.15, 0.2) is 18.2 Å². The summed E-state index contributed by atoms with van der Waals surface area (Å²) in [5.74, 6) is 4.37. The molecule has 3 heterocycles. The Morgan fingerprint density at radius 1 is 1.00 bits per heavy atom. The quantitative estimate of drug-likeness (QED) is 0.836. The molecule has 0 radical (unpaired) electrons. The Morgan fingerprint density at radius 2 is 1.74 bits per heavy atom. The maximum Gasteiger partial charge on any atom is 0.145 e. The van der Waals surface area contributed by atoms with Gasteiger partial charge in [0.1, 0.15) is 11.6 Å². The van der Waals surface area contributed by atoms with Gasteiger partial charge in [-0.1, -0.05) is 11.6 Å². The average molecular weight is 388 g/mol. The second-order valence-electron chi connectivity index (χ2n) is 7.42. The molecule has 0 bridgehead atoms. The van der Waals surface area contributed by atoms with Crippen LogP contribution < -0.4 is 4.90 Å². The number of β-amino-alcohol motifs (C(OH)–C–C–N with tert-alkyl or cyclic N) is 1. The molecule has 2 aliphatic rings. The van der Waals surface area contributed by atoms with Crippen LogP contribution in [0.4, 0.5) is 5.82 Å². The topological polar surface area (TPSA) is 55.7 Å². The van der Waals surface area contributed by atoms with E-state index in [1.54, 1.807) is 0 Å². The van der Waals surface area contributed by atoms with Gasteiger partial charge in [-0.05, 0) is 19.1 Å². The second-order valence-corrected chi connectivity index (χ2v) is 8.65. The minimum absolute atomic E-state index is 0.241. The van der Waals surface area contributed by atoms with E-state index in [1.807, 2.05) is 11.8 Å². The first kappa shape index (κ1) is 18.9. The van der Waals surface area contributed by atoms with Gasteiger partial charge < -0.3 is 10.0 Å². The summed E-state index contributed by atoms with van der Waals surface area (Å²) >= 11 is 2.02. The van der Waals surface area contributed by atoms with E-state index in [0.29, 0.717) is 0 Å². The van der Waals surface area contributed by atoms with Crippen molar-refractivity contribution in [1.29, 1.82) is 0 Å². The summed E-state index contributed by atoms with van der Waals surface area (Å²) in [6.45, 7) is 10.1. The number of hydrogen-bond acceptors (Lipinski definition) is 7. The van der Waals surface area contributed by atoms with E-state index in [2.05, 4.69) is 39.8 Å². The van der Waals surface area contributed by atoms with Crippen molar-refractivity contribution in [2.75, 3.05) is 68.8 Å². The lowest BCUT2D eigenvalue weighted by Gasteiger charge is -2.34. The second kappa shape index (κ2) is 8.73. The Morgan fingerprint density at radius 3 is 2.48 bits per heavy atom. The Bertz CT molecular complexity index is 772. The summed E-state index contributed by atoms with van der Waals surface area (Å²) in [6.07, 6.45) is 0. The lowest BCUT2D eigenvalue weighted by Crippen LogP contribution is -2.46. The average Bonchev–Trinajstić information content (AvgIpc) is 2.70. The number of aromatic nitrogens is 2. The highest BCUT2D eigenvalue weighted by atomic mass is 32.2. The summed E-state index contributed by atoms with van der Waals surface area (Å²) in [7, 11) is 0. The summed E-state index contributed by atoms with van der Waals surface area (Å²) in [4.78, 5) is 17.1. The van der Waals surface area contributed by atoms with Gasteiger partial charge in [-0.15, -0.1) is 0 Å². The molecule has 27 heavy (non-hydrogen) atoms. The molecular weight excluding hydrogens is 358 g/mol. The van der Waals surface area contributed by atoms with Crippen LogP contribution in [0, 0.1) is 6.92 Å². The molecule has 2 aliphatic heterocycles. The Balaban J connectivity index is 1.57. The SMILES string of the molecule is Cc1ccc2nc(CN3CCN(CCO)CC3)nc(N3CCSCC3)c2c1. The molecule has 7 heteroatoms.